The van der Waals surface area contributed by atoms with E-state index in [1.165, 1.54) is 12.1 Å². The summed E-state index contributed by atoms with van der Waals surface area (Å²) >= 11 is 1.08. The zero-order chi connectivity index (χ0) is 26.8. The van der Waals surface area contributed by atoms with Crippen LogP contribution in [-0.2, 0) is 11.3 Å². The van der Waals surface area contributed by atoms with Gasteiger partial charge in [0, 0.05) is 11.4 Å². The molecule has 7 N–H and O–H groups in total. The third-order valence-corrected chi connectivity index (χ3v) is 5.97. The predicted octanol–water partition coefficient (Wildman–Crippen LogP) is -0.352. The van der Waals surface area contributed by atoms with E-state index < -0.39 is 36.9 Å². The highest BCUT2D eigenvalue weighted by atomic mass is 32.2. The first-order chi connectivity index (χ1) is 17.8. The summed E-state index contributed by atoms with van der Waals surface area (Å²) in [6.07, 6.45) is -6.22. The molecule has 0 radical (unpaired) electrons. The van der Waals surface area contributed by atoms with Gasteiger partial charge in [0.2, 0.25) is 0 Å². The maximum Gasteiger partial charge on any atom is 0.250 e. The first kappa shape index (κ1) is 28.2. The van der Waals surface area contributed by atoms with Crippen LogP contribution in [0.25, 0.3) is 5.69 Å². The fourth-order valence-electron chi connectivity index (χ4n) is 3.07. The van der Waals surface area contributed by atoms with Crippen molar-refractivity contribution in [2.24, 2.45) is 5.10 Å². The van der Waals surface area contributed by atoms with Crippen molar-refractivity contribution in [3.05, 3.63) is 66.2 Å². The summed E-state index contributed by atoms with van der Waals surface area (Å²) in [5, 5.41) is 62.8. The van der Waals surface area contributed by atoms with Gasteiger partial charge in [-0.1, -0.05) is 30.0 Å². The molecule has 0 bridgehead atoms. The molecule has 0 unspecified atom stereocenters. The van der Waals surface area contributed by atoms with Crippen LogP contribution in [0.15, 0.2) is 64.9 Å². The Bertz CT molecular complexity index is 1170. The lowest BCUT2D eigenvalue weighted by Crippen LogP contribution is -2.46. The van der Waals surface area contributed by atoms with E-state index >= 15 is 0 Å². The third kappa shape index (κ3) is 8.04. The summed E-state index contributed by atoms with van der Waals surface area (Å²) in [7, 11) is 0. The summed E-state index contributed by atoms with van der Waals surface area (Å²) in [6.45, 7) is -0.532. The molecule has 2 aromatic carbocycles. The highest BCUT2D eigenvalue weighted by Gasteiger charge is 2.29. The Balaban J connectivity index is 1.61. The lowest BCUT2D eigenvalue weighted by molar-refractivity contribution is -0.118. The number of aliphatic hydroxyl groups is 5. The normalized spacial score (nSPS) is 14.8. The molecule has 4 atom stereocenters. The van der Waals surface area contributed by atoms with Gasteiger partial charge in [-0.15, -0.1) is 10.2 Å². The molecule has 1 aromatic heterocycles. The average molecular weight is 535 g/mol. The van der Waals surface area contributed by atoms with Gasteiger partial charge in [0.25, 0.3) is 5.91 Å². The molecule has 198 valence electrons. The molecule has 1 amide bonds. The summed E-state index contributed by atoms with van der Waals surface area (Å²) < 4.78 is 14.9. The number of thioether (sulfide) groups is 1. The molecular weight excluding hydrogens is 507 g/mol. The molecule has 0 aliphatic heterocycles. The summed E-state index contributed by atoms with van der Waals surface area (Å²) in [4.78, 5) is 12.2. The van der Waals surface area contributed by atoms with Gasteiger partial charge in [-0.3, -0.25) is 9.36 Å². The number of hydrazone groups is 1. The lowest BCUT2D eigenvalue weighted by Gasteiger charge is -2.23. The van der Waals surface area contributed by atoms with E-state index in [2.05, 4.69) is 26.0 Å². The first-order valence-electron chi connectivity index (χ1n) is 11.1. The van der Waals surface area contributed by atoms with Crippen molar-refractivity contribution in [3.8, 4) is 5.69 Å². The van der Waals surface area contributed by atoms with Gasteiger partial charge in [-0.05, 0) is 36.4 Å². The fraction of sp³-hybridized carbons (Fsp3) is 0.304. The predicted molar refractivity (Wildman–Crippen MR) is 134 cm³/mol. The number of para-hydroxylation sites is 1. The van der Waals surface area contributed by atoms with E-state index in [-0.39, 0.29) is 18.1 Å². The number of hydrogen-bond acceptors (Lipinski definition) is 11. The Morgan fingerprint density at radius 2 is 1.76 bits per heavy atom. The number of carbonyl (C=O) groups is 1. The number of rotatable bonds is 13. The Morgan fingerprint density at radius 1 is 1.05 bits per heavy atom. The van der Waals surface area contributed by atoms with Gasteiger partial charge >= 0.3 is 0 Å². The third-order valence-electron chi connectivity index (χ3n) is 5.04. The number of aromatic nitrogens is 3. The molecule has 3 aromatic rings. The number of nitrogens with zero attached hydrogens (tertiary/aromatic N) is 4. The molecule has 0 saturated heterocycles. The minimum atomic E-state index is -1.83. The Hall–Kier alpha value is -3.40. The number of carbonyl (C=O) groups excluding carboxylic acids is 1. The zero-order valence-electron chi connectivity index (χ0n) is 19.4. The van der Waals surface area contributed by atoms with E-state index in [4.69, 9.17) is 5.11 Å². The van der Waals surface area contributed by atoms with Crippen LogP contribution < -0.4 is 10.7 Å². The van der Waals surface area contributed by atoms with Crippen LogP contribution in [0, 0.1) is 5.82 Å². The molecule has 0 aliphatic rings. The van der Waals surface area contributed by atoms with Crippen molar-refractivity contribution in [3.63, 3.8) is 0 Å². The van der Waals surface area contributed by atoms with E-state index in [1.807, 2.05) is 30.3 Å². The maximum atomic E-state index is 13.2. The number of hydrogen-bond donors (Lipinski definition) is 7. The van der Waals surface area contributed by atoms with Crippen molar-refractivity contribution in [1.82, 2.24) is 20.2 Å². The molecule has 0 saturated carbocycles. The number of nitrogens with one attached hydrogen (secondary N) is 2. The van der Waals surface area contributed by atoms with Crippen molar-refractivity contribution < 1.29 is 34.7 Å². The Labute approximate surface area is 215 Å². The largest absolute Gasteiger partial charge is 0.394 e. The van der Waals surface area contributed by atoms with Gasteiger partial charge in [-0.25, -0.2) is 9.82 Å². The zero-order valence-corrected chi connectivity index (χ0v) is 20.2. The van der Waals surface area contributed by atoms with E-state index in [0.29, 0.717) is 16.7 Å². The van der Waals surface area contributed by atoms with E-state index in [9.17, 15) is 29.6 Å². The minimum Gasteiger partial charge on any atom is -0.394 e. The maximum absolute atomic E-state index is 13.2. The minimum absolute atomic E-state index is 0.113. The standard InChI is InChI=1S/C23H27FN6O6S/c24-14-6-8-15(9-7-14)25-11-19-27-29-23(30(19)16-4-2-1-3-5-16)37-13-20(34)28-26-10-17(32)21(35)22(36)18(33)12-31/h1-10,17-18,21-22,25,31-33,35-36H,11-13H2,(H,28,34)/b26-10+/t17-,18+,21+,22-/m0/s1. The quantitative estimate of drug-likeness (QED) is 0.0868. The van der Waals surface area contributed by atoms with Gasteiger partial charge in [-0.2, -0.15) is 5.10 Å². The molecule has 12 nitrogen and oxygen atoms in total. The van der Waals surface area contributed by atoms with Crippen molar-refractivity contribution in [2.75, 3.05) is 17.7 Å². The number of benzene rings is 2. The lowest BCUT2D eigenvalue weighted by atomic mass is 10.0. The first-order valence-corrected chi connectivity index (χ1v) is 12.1. The monoisotopic (exact) mass is 534 g/mol. The van der Waals surface area contributed by atoms with Crippen LogP contribution >= 0.6 is 11.8 Å². The van der Waals surface area contributed by atoms with Gasteiger partial charge in [0.1, 0.15) is 30.2 Å². The van der Waals surface area contributed by atoms with Crippen molar-refractivity contribution in [1.29, 1.82) is 0 Å². The molecule has 3 rings (SSSR count). The number of anilines is 1. The van der Waals surface area contributed by atoms with Crippen LogP contribution in [0.5, 0.6) is 0 Å². The summed E-state index contributed by atoms with van der Waals surface area (Å²) in [5.74, 6) is -0.453. The molecule has 1 heterocycles. The molecular formula is C23H27FN6O6S. The van der Waals surface area contributed by atoms with E-state index in [0.717, 1.165) is 23.7 Å². The van der Waals surface area contributed by atoms with Gasteiger partial charge < -0.3 is 30.8 Å². The highest BCUT2D eigenvalue weighted by Crippen LogP contribution is 2.22. The summed E-state index contributed by atoms with van der Waals surface area (Å²) in [6, 6.07) is 15.1. The van der Waals surface area contributed by atoms with Gasteiger partial charge in [0.15, 0.2) is 11.0 Å². The molecule has 0 aliphatic carbocycles. The topological polar surface area (TPSA) is 185 Å². The Kier molecular flexibility index (Phi) is 10.5. The number of amides is 1. The van der Waals surface area contributed by atoms with E-state index in [1.54, 1.807) is 16.7 Å². The molecule has 0 fully saturated rings. The number of halogens is 1. The second-order valence-corrected chi connectivity index (χ2v) is 8.70. The molecule has 14 heteroatoms. The second kappa shape index (κ2) is 13.8. The SMILES string of the molecule is O=C(CSc1nnc(CNc2ccc(F)cc2)n1-c1ccccc1)N/N=C/[C@H](O)[C@@H](O)[C@@H](O)[C@H](O)CO. The Morgan fingerprint density at radius 3 is 2.43 bits per heavy atom. The van der Waals surface area contributed by atoms with Crippen LogP contribution in [0.2, 0.25) is 0 Å². The van der Waals surface area contributed by atoms with Gasteiger partial charge in [0.05, 0.1) is 25.1 Å². The highest BCUT2D eigenvalue weighted by molar-refractivity contribution is 7.99. The van der Waals surface area contributed by atoms with Crippen LogP contribution in [0.3, 0.4) is 0 Å². The summed E-state index contributed by atoms with van der Waals surface area (Å²) in [5.41, 5.74) is 3.65. The number of aliphatic hydroxyl groups excluding tert-OH is 5. The average Bonchev–Trinajstić information content (AvgIpc) is 3.33. The fourth-order valence-corrected chi connectivity index (χ4v) is 3.83. The van der Waals surface area contributed by atoms with Crippen molar-refractivity contribution in [2.45, 2.75) is 36.1 Å². The van der Waals surface area contributed by atoms with Crippen molar-refractivity contribution >= 4 is 29.6 Å². The molecule has 37 heavy (non-hydrogen) atoms. The van der Waals surface area contributed by atoms with Crippen LogP contribution in [0.4, 0.5) is 10.1 Å². The molecule has 0 spiro atoms. The second-order valence-electron chi connectivity index (χ2n) is 7.75. The van der Waals surface area contributed by atoms with Crippen LogP contribution in [0.1, 0.15) is 5.82 Å². The van der Waals surface area contributed by atoms with Crippen LogP contribution in [-0.4, -0.2) is 89.2 Å². The smallest absolute Gasteiger partial charge is 0.250 e.